The number of fused-ring (bicyclic) bond motifs is 2. The van der Waals surface area contributed by atoms with E-state index in [2.05, 4.69) is 20.9 Å². The zero-order valence-corrected chi connectivity index (χ0v) is 23.8. The summed E-state index contributed by atoms with van der Waals surface area (Å²) in [6.07, 6.45) is 1.91. The molecule has 10 nitrogen and oxygen atoms in total. The second-order valence-electron chi connectivity index (χ2n) is 10.5. The minimum absolute atomic E-state index is 0.0501. The lowest BCUT2D eigenvalue weighted by molar-refractivity contribution is -0.145. The molecule has 0 aliphatic heterocycles. The van der Waals surface area contributed by atoms with Crippen molar-refractivity contribution < 1.29 is 24.9 Å². The number of nitrogens with one attached hydrogen (secondary N) is 4. The van der Waals surface area contributed by atoms with Gasteiger partial charge in [0, 0.05) is 36.0 Å². The van der Waals surface area contributed by atoms with Crippen molar-refractivity contribution in [3.05, 3.63) is 97.5 Å². The Bertz CT molecular complexity index is 1650. The fourth-order valence-corrected chi connectivity index (χ4v) is 6.35. The van der Waals surface area contributed by atoms with E-state index in [4.69, 9.17) is 0 Å². The van der Waals surface area contributed by atoms with E-state index in [0.29, 0.717) is 60.4 Å². The number of hydrogen-bond acceptors (Lipinski definition) is 8. The van der Waals surface area contributed by atoms with Gasteiger partial charge < -0.3 is 30.9 Å². The molecule has 1 aliphatic carbocycles. The number of aromatic amines is 1. The number of phenols is 1. The van der Waals surface area contributed by atoms with Gasteiger partial charge in [0.05, 0.1) is 16.5 Å². The van der Waals surface area contributed by atoms with Crippen LogP contribution >= 0.6 is 11.3 Å². The van der Waals surface area contributed by atoms with Crippen LogP contribution in [-0.2, 0) is 23.3 Å². The molecule has 2 atom stereocenters. The number of thiophene rings is 1. The summed E-state index contributed by atoms with van der Waals surface area (Å²) in [4.78, 5) is 40.5. The summed E-state index contributed by atoms with van der Waals surface area (Å²) >= 11 is 1.35. The number of aliphatic hydroxyl groups is 1. The fraction of sp³-hybridized carbons (Fsp3) is 0.323. The molecule has 2 aromatic heterocycles. The van der Waals surface area contributed by atoms with Crippen LogP contribution in [0.25, 0.3) is 10.9 Å². The molecule has 1 aliphatic rings. The standard InChI is InChI=1S/C31H34N4O6S/c36-24-10-8-21(22-9-12-27(38)35-28(22)24)25(37)18-32-15-3-4-16-33-29(39)26-11-7-20(42-26)17-34-31(30(40)41)14-13-19-5-1-2-6-23(19)31/h1-2,5-12,25,32,34,36-37H,3-4,13-18H2,(H,33,39)(H,35,38)(H,40,41). The molecule has 0 saturated heterocycles. The third-order valence-electron chi connectivity index (χ3n) is 7.73. The van der Waals surface area contributed by atoms with Crippen molar-refractivity contribution >= 4 is 34.1 Å². The number of aliphatic carboxylic acids is 1. The molecule has 2 heterocycles. The van der Waals surface area contributed by atoms with Crippen LogP contribution in [0.15, 0.2) is 65.5 Å². The first-order valence-corrected chi connectivity index (χ1v) is 14.8. The van der Waals surface area contributed by atoms with Gasteiger partial charge in [0.15, 0.2) is 0 Å². The van der Waals surface area contributed by atoms with E-state index >= 15 is 0 Å². The lowest BCUT2D eigenvalue weighted by Crippen LogP contribution is -2.47. The van der Waals surface area contributed by atoms with Crippen molar-refractivity contribution in [3.8, 4) is 5.75 Å². The molecule has 0 saturated carbocycles. The number of pyridine rings is 1. The third kappa shape index (κ3) is 6.24. The highest BCUT2D eigenvalue weighted by Gasteiger charge is 2.45. The number of aliphatic hydroxyl groups excluding tert-OH is 1. The lowest BCUT2D eigenvalue weighted by atomic mass is 9.92. The molecule has 5 rings (SSSR count). The number of aromatic nitrogens is 1. The van der Waals surface area contributed by atoms with Crippen LogP contribution in [0.2, 0.25) is 0 Å². The minimum Gasteiger partial charge on any atom is -0.506 e. The van der Waals surface area contributed by atoms with E-state index in [0.717, 1.165) is 28.8 Å². The summed E-state index contributed by atoms with van der Waals surface area (Å²) in [6, 6.07) is 17.3. The van der Waals surface area contributed by atoms with Gasteiger partial charge in [-0.25, -0.2) is 4.79 Å². The smallest absolute Gasteiger partial charge is 0.328 e. The number of carboxylic acid groups (broad SMARTS) is 1. The van der Waals surface area contributed by atoms with E-state index in [-0.39, 0.29) is 17.2 Å². The van der Waals surface area contributed by atoms with Crippen LogP contribution in [0.3, 0.4) is 0 Å². The van der Waals surface area contributed by atoms with E-state index in [9.17, 15) is 29.7 Å². The molecule has 0 fully saturated rings. The molecule has 4 aromatic rings. The number of amides is 1. The second-order valence-corrected chi connectivity index (χ2v) is 11.6. The summed E-state index contributed by atoms with van der Waals surface area (Å²) in [5.74, 6) is -1.10. The zero-order chi connectivity index (χ0) is 29.7. The Labute approximate surface area is 246 Å². The molecular formula is C31H34N4O6S. The Balaban J connectivity index is 1.03. The number of rotatable bonds is 13. The van der Waals surface area contributed by atoms with E-state index in [1.807, 2.05) is 30.3 Å². The Kier molecular flexibility index (Phi) is 9.03. The number of carbonyl (C=O) groups is 2. The number of carbonyl (C=O) groups excluding carboxylic acids is 1. The highest BCUT2D eigenvalue weighted by molar-refractivity contribution is 7.14. The number of carboxylic acids is 1. The highest BCUT2D eigenvalue weighted by Crippen LogP contribution is 2.37. The maximum Gasteiger partial charge on any atom is 0.328 e. The van der Waals surface area contributed by atoms with Crippen molar-refractivity contribution in [3.63, 3.8) is 0 Å². The molecule has 220 valence electrons. The van der Waals surface area contributed by atoms with Gasteiger partial charge >= 0.3 is 5.97 Å². The average molecular weight is 591 g/mol. The number of unbranched alkanes of at least 4 members (excludes halogenated alkanes) is 1. The van der Waals surface area contributed by atoms with Crippen LogP contribution in [0.5, 0.6) is 5.75 Å². The van der Waals surface area contributed by atoms with Crippen LogP contribution in [0.1, 0.15) is 56.6 Å². The Morgan fingerprint density at radius 2 is 1.83 bits per heavy atom. The largest absolute Gasteiger partial charge is 0.506 e. The maximum absolute atomic E-state index is 12.6. The van der Waals surface area contributed by atoms with Gasteiger partial charge in [0.25, 0.3) is 5.91 Å². The predicted octanol–water partition coefficient (Wildman–Crippen LogP) is 3.14. The van der Waals surface area contributed by atoms with Crippen LogP contribution in [0.4, 0.5) is 0 Å². The quantitative estimate of drug-likeness (QED) is 0.117. The first-order chi connectivity index (χ1) is 20.3. The fourth-order valence-electron chi connectivity index (χ4n) is 5.49. The predicted molar refractivity (Wildman–Crippen MR) is 161 cm³/mol. The molecular weight excluding hydrogens is 556 g/mol. The monoisotopic (exact) mass is 590 g/mol. The highest BCUT2D eigenvalue weighted by atomic mass is 32.1. The molecule has 0 radical (unpaired) electrons. The van der Waals surface area contributed by atoms with Crippen molar-refractivity contribution in [2.75, 3.05) is 19.6 Å². The number of H-pyrrole nitrogens is 1. The van der Waals surface area contributed by atoms with Crippen LogP contribution in [-0.4, -0.2) is 51.8 Å². The van der Waals surface area contributed by atoms with Crippen molar-refractivity contribution in [1.29, 1.82) is 0 Å². The van der Waals surface area contributed by atoms with Gasteiger partial charge in [-0.15, -0.1) is 11.3 Å². The SMILES string of the molecule is O=C(NCCCCNCC(O)c1ccc(O)c2[nH]c(=O)ccc12)c1ccc(CNC2(C(=O)O)CCc3ccccc32)s1. The van der Waals surface area contributed by atoms with Gasteiger partial charge in [0.1, 0.15) is 11.3 Å². The Morgan fingerprint density at radius 3 is 2.67 bits per heavy atom. The normalized spacial score (nSPS) is 16.8. The first-order valence-electron chi connectivity index (χ1n) is 14.0. The second kappa shape index (κ2) is 12.9. The summed E-state index contributed by atoms with van der Waals surface area (Å²) in [5, 5.41) is 40.7. The van der Waals surface area contributed by atoms with Gasteiger partial charge in [0.2, 0.25) is 5.56 Å². The lowest BCUT2D eigenvalue weighted by Gasteiger charge is -2.27. The number of aromatic hydroxyl groups is 1. The molecule has 0 spiro atoms. The van der Waals surface area contributed by atoms with Crippen molar-refractivity contribution in [2.45, 2.75) is 43.9 Å². The maximum atomic E-state index is 12.6. The molecule has 1 amide bonds. The summed E-state index contributed by atoms with van der Waals surface area (Å²) < 4.78 is 0. The molecule has 11 heteroatoms. The van der Waals surface area contributed by atoms with Crippen LogP contribution in [0, 0.1) is 0 Å². The molecule has 7 N–H and O–H groups in total. The molecule has 42 heavy (non-hydrogen) atoms. The molecule has 0 bridgehead atoms. The summed E-state index contributed by atoms with van der Waals surface area (Å²) in [6.45, 7) is 1.80. The van der Waals surface area contributed by atoms with Crippen molar-refractivity contribution in [1.82, 2.24) is 20.9 Å². The minimum atomic E-state index is -1.12. The number of aryl methyl sites for hydroxylation is 1. The average Bonchev–Trinajstić information content (AvgIpc) is 3.62. The van der Waals surface area contributed by atoms with E-state index in [1.54, 1.807) is 18.2 Å². The summed E-state index contributed by atoms with van der Waals surface area (Å²) in [5.41, 5.74) is 1.32. The van der Waals surface area contributed by atoms with Gasteiger partial charge in [-0.3, -0.25) is 14.9 Å². The topological polar surface area (TPSA) is 164 Å². The Morgan fingerprint density at radius 1 is 1.02 bits per heavy atom. The molecule has 2 aromatic carbocycles. The third-order valence-corrected chi connectivity index (χ3v) is 8.81. The number of benzene rings is 2. The number of phenolic OH excluding ortho intramolecular Hbond substituents is 1. The number of hydrogen-bond donors (Lipinski definition) is 7. The van der Waals surface area contributed by atoms with Crippen molar-refractivity contribution in [2.24, 2.45) is 0 Å². The molecule has 2 unspecified atom stereocenters. The van der Waals surface area contributed by atoms with Gasteiger partial charge in [-0.2, -0.15) is 0 Å². The van der Waals surface area contributed by atoms with Gasteiger partial charge in [-0.05, 0) is 73.2 Å². The summed E-state index contributed by atoms with van der Waals surface area (Å²) in [7, 11) is 0. The van der Waals surface area contributed by atoms with E-state index in [1.165, 1.54) is 23.5 Å². The van der Waals surface area contributed by atoms with Gasteiger partial charge in [-0.1, -0.05) is 30.3 Å². The first kappa shape index (κ1) is 29.5. The van der Waals surface area contributed by atoms with E-state index < -0.39 is 17.6 Å². The Hall–Kier alpha value is -4.03. The zero-order valence-electron chi connectivity index (χ0n) is 23.0. The van der Waals surface area contributed by atoms with Crippen LogP contribution < -0.4 is 21.5 Å².